The molecule has 1 aliphatic carbocycles. The Morgan fingerprint density at radius 3 is 2.44 bits per heavy atom. The Balaban J connectivity index is 1.05. The third-order valence-corrected chi connectivity index (χ3v) is 7.99. The molecular weight excluding hydrogens is 456 g/mol. The Kier molecular flexibility index (Phi) is 7.20. The summed E-state index contributed by atoms with van der Waals surface area (Å²) in [5.41, 5.74) is 1.66. The zero-order chi connectivity index (χ0) is 25.1. The van der Waals surface area contributed by atoms with Crippen molar-refractivity contribution >= 4 is 17.7 Å². The van der Waals surface area contributed by atoms with Gasteiger partial charge in [-0.05, 0) is 68.6 Å². The number of amides is 3. The van der Waals surface area contributed by atoms with E-state index in [1.54, 1.807) is 30.3 Å². The molecule has 2 bridgehead atoms. The van der Waals surface area contributed by atoms with Crippen molar-refractivity contribution in [2.45, 2.75) is 44.6 Å². The van der Waals surface area contributed by atoms with Crippen molar-refractivity contribution in [1.82, 2.24) is 20.1 Å². The van der Waals surface area contributed by atoms with Gasteiger partial charge in [-0.2, -0.15) is 0 Å². The quantitative estimate of drug-likeness (QED) is 0.648. The van der Waals surface area contributed by atoms with Gasteiger partial charge in [0, 0.05) is 42.9 Å². The van der Waals surface area contributed by atoms with Gasteiger partial charge in [-0.1, -0.05) is 24.3 Å². The molecule has 36 heavy (non-hydrogen) atoms. The molecule has 2 aromatic rings. The number of carbonyl (C=O) groups is 3. The lowest BCUT2D eigenvalue weighted by molar-refractivity contribution is -0.140. The zero-order valence-electron chi connectivity index (χ0n) is 20.5. The Labute approximate surface area is 211 Å². The maximum absolute atomic E-state index is 13.3. The minimum absolute atomic E-state index is 0.0212. The van der Waals surface area contributed by atoms with Gasteiger partial charge in [0.2, 0.25) is 11.8 Å². The zero-order valence-corrected chi connectivity index (χ0v) is 20.5. The highest BCUT2D eigenvalue weighted by Gasteiger charge is 2.38. The van der Waals surface area contributed by atoms with Crippen molar-refractivity contribution in [2.24, 2.45) is 17.8 Å². The molecular formula is C28H34N4O4. The summed E-state index contributed by atoms with van der Waals surface area (Å²) in [6, 6.07) is 14.4. The van der Waals surface area contributed by atoms with E-state index in [0.717, 1.165) is 50.8 Å². The van der Waals surface area contributed by atoms with Gasteiger partial charge in [0.25, 0.3) is 11.5 Å². The molecule has 0 unspecified atom stereocenters. The fourth-order valence-electron chi connectivity index (χ4n) is 6.15. The third kappa shape index (κ3) is 5.37. The molecule has 190 valence electrons. The van der Waals surface area contributed by atoms with Crippen molar-refractivity contribution in [1.29, 1.82) is 0 Å². The lowest BCUT2D eigenvalue weighted by Gasteiger charge is -2.44. The first-order chi connectivity index (χ1) is 17.5. The molecule has 8 nitrogen and oxygen atoms in total. The van der Waals surface area contributed by atoms with E-state index in [1.165, 1.54) is 0 Å². The molecule has 3 heterocycles. The predicted molar refractivity (Wildman–Crippen MR) is 135 cm³/mol. The summed E-state index contributed by atoms with van der Waals surface area (Å²) in [5.74, 6) is 0.543. The highest BCUT2D eigenvalue weighted by atomic mass is 16.2. The SMILES string of the molecule is O=C(CNC(=O)c1ccccc1)NCC1CCC(C(=O)N2C[C@@H]3Cc4cccc(=O)n4[C@@H](C3)C2)CC1. The molecule has 0 radical (unpaired) electrons. The minimum atomic E-state index is -0.264. The van der Waals surface area contributed by atoms with Gasteiger partial charge in [-0.3, -0.25) is 19.2 Å². The van der Waals surface area contributed by atoms with Crippen molar-refractivity contribution in [3.8, 4) is 0 Å². The number of carbonyl (C=O) groups excluding carboxylic acids is 3. The molecule has 2 aliphatic heterocycles. The standard InChI is InChI=1S/C28H34N4O4/c33-25(16-30-27(35)21-5-2-1-3-6-21)29-15-19-9-11-22(12-10-19)28(36)31-17-20-13-23-7-4-8-26(34)32(23)24(14-20)18-31/h1-8,19-20,22,24H,9-18H2,(H,29,33)(H,30,35)/t19?,20-,22?,24+/m1/s1. The predicted octanol–water partition coefficient (Wildman–Crippen LogP) is 2.15. The Bertz CT molecular complexity index is 1170. The molecule has 1 saturated heterocycles. The van der Waals surface area contributed by atoms with Crippen LogP contribution in [0.25, 0.3) is 0 Å². The average Bonchev–Trinajstić information content (AvgIpc) is 2.90. The number of rotatable bonds is 6. The summed E-state index contributed by atoms with van der Waals surface area (Å²) in [4.78, 5) is 52.1. The average molecular weight is 491 g/mol. The molecule has 1 saturated carbocycles. The fourth-order valence-corrected chi connectivity index (χ4v) is 6.15. The van der Waals surface area contributed by atoms with Crippen LogP contribution < -0.4 is 16.2 Å². The first kappa shape index (κ1) is 24.3. The summed E-state index contributed by atoms with van der Waals surface area (Å²) in [6.45, 7) is 1.92. The topological polar surface area (TPSA) is 101 Å². The highest BCUT2D eigenvalue weighted by Crippen LogP contribution is 2.36. The Morgan fingerprint density at radius 2 is 1.67 bits per heavy atom. The molecule has 8 heteroatoms. The maximum atomic E-state index is 13.3. The van der Waals surface area contributed by atoms with Gasteiger partial charge in [0.1, 0.15) is 0 Å². The summed E-state index contributed by atoms with van der Waals surface area (Å²) in [6.07, 6.45) is 5.28. The number of likely N-dealkylation sites (tertiary alicyclic amines) is 1. The second kappa shape index (κ2) is 10.7. The number of nitrogens with one attached hydrogen (secondary N) is 2. The number of nitrogens with zero attached hydrogens (tertiary/aromatic N) is 2. The van der Waals surface area contributed by atoms with E-state index in [2.05, 4.69) is 10.6 Å². The van der Waals surface area contributed by atoms with E-state index >= 15 is 0 Å². The third-order valence-electron chi connectivity index (χ3n) is 7.99. The molecule has 5 rings (SSSR count). The van der Waals surface area contributed by atoms with Crippen molar-refractivity contribution in [3.05, 3.63) is 70.1 Å². The molecule has 2 atom stereocenters. The van der Waals surface area contributed by atoms with E-state index < -0.39 is 0 Å². The highest BCUT2D eigenvalue weighted by molar-refractivity contribution is 5.96. The first-order valence-electron chi connectivity index (χ1n) is 13.1. The molecule has 1 aromatic carbocycles. The van der Waals surface area contributed by atoms with Crippen LogP contribution in [-0.4, -0.2) is 53.4 Å². The number of hydrogen-bond donors (Lipinski definition) is 2. The van der Waals surface area contributed by atoms with Crippen LogP contribution in [0.3, 0.4) is 0 Å². The van der Waals surface area contributed by atoms with Gasteiger partial charge in [-0.15, -0.1) is 0 Å². The van der Waals surface area contributed by atoms with Crippen LogP contribution in [0.5, 0.6) is 0 Å². The number of benzene rings is 1. The number of aromatic nitrogens is 1. The fraction of sp³-hybridized carbons (Fsp3) is 0.500. The van der Waals surface area contributed by atoms with Crippen LogP contribution in [0.2, 0.25) is 0 Å². The Morgan fingerprint density at radius 1 is 0.889 bits per heavy atom. The van der Waals surface area contributed by atoms with E-state index in [0.29, 0.717) is 30.5 Å². The molecule has 2 N–H and O–H groups in total. The van der Waals surface area contributed by atoms with Crippen molar-refractivity contribution in [2.75, 3.05) is 26.2 Å². The van der Waals surface area contributed by atoms with E-state index in [1.807, 2.05) is 27.7 Å². The number of pyridine rings is 1. The first-order valence-corrected chi connectivity index (χ1v) is 13.1. The largest absolute Gasteiger partial charge is 0.354 e. The smallest absolute Gasteiger partial charge is 0.251 e. The molecule has 0 spiro atoms. The van der Waals surface area contributed by atoms with Crippen LogP contribution in [0.4, 0.5) is 0 Å². The lowest BCUT2D eigenvalue weighted by Crippen LogP contribution is -2.52. The van der Waals surface area contributed by atoms with Gasteiger partial charge >= 0.3 is 0 Å². The summed E-state index contributed by atoms with van der Waals surface area (Å²) >= 11 is 0. The van der Waals surface area contributed by atoms with Crippen LogP contribution in [-0.2, 0) is 16.0 Å². The van der Waals surface area contributed by atoms with Gasteiger partial charge in [-0.25, -0.2) is 0 Å². The number of fused-ring (bicyclic) bond motifs is 4. The summed E-state index contributed by atoms with van der Waals surface area (Å²) in [7, 11) is 0. The lowest BCUT2D eigenvalue weighted by atomic mass is 9.80. The van der Waals surface area contributed by atoms with Gasteiger partial charge in [0.15, 0.2) is 0 Å². The van der Waals surface area contributed by atoms with Crippen LogP contribution >= 0.6 is 0 Å². The van der Waals surface area contributed by atoms with Gasteiger partial charge in [0.05, 0.1) is 12.6 Å². The van der Waals surface area contributed by atoms with Gasteiger partial charge < -0.3 is 20.1 Å². The Hall–Kier alpha value is -3.42. The monoisotopic (exact) mass is 490 g/mol. The van der Waals surface area contributed by atoms with Crippen LogP contribution in [0.15, 0.2) is 53.3 Å². The number of piperidine rings is 1. The summed E-state index contributed by atoms with van der Waals surface area (Å²) < 4.78 is 1.90. The minimum Gasteiger partial charge on any atom is -0.354 e. The second-order valence-corrected chi connectivity index (χ2v) is 10.5. The molecule has 2 fully saturated rings. The van der Waals surface area contributed by atoms with Crippen molar-refractivity contribution in [3.63, 3.8) is 0 Å². The molecule has 3 amide bonds. The van der Waals surface area contributed by atoms with E-state index in [4.69, 9.17) is 0 Å². The van der Waals surface area contributed by atoms with Crippen molar-refractivity contribution < 1.29 is 14.4 Å². The summed E-state index contributed by atoms with van der Waals surface area (Å²) in [5, 5.41) is 5.58. The van der Waals surface area contributed by atoms with Crippen LogP contribution in [0.1, 0.15) is 54.2 Å². The van der Waals surface area contributed by atoms with E-state index in [9.17, 15) is 19.2 Å². The molecule has 1 aromatic heterocycles. The molecule has 3 aliphatic rings. The normalized spacial score (nSPS) is 24.9. The van der Waals surface area contributed by atoms with Crippen LogP contribution in [0, 0.1) is 17.8 Å². The maximum Gasteiger partial charge on any atom is 0.251 e. The van der Waals surface area contributed by atoms with E-state index in [-0.39, 0.29) is 41.8 Å². The number of hydrogen-bond acceptors (Lipinski definition) is 4. The second-order valence-electron chi connectivity index (χ2n) is 10.5.